The molecule has 0 radical (unpaired) electrons. The molecule has 0 saturated heterocycles. The van der Waals surface area contributed by atoms with Gasteiger partial charge in [0.05, 0.1) is 21.3 Å². The minimum atomic E-state index is -0.989. The average molecular weight is 293 g/mol. The van der Waals surface area contributed by atoms with E-state index in [0.29, 0.717) is 28.6 Å². The zero-order valence-corrected chi connectivity index (χ0v) is 11.9. The molecule has 0 aliphatic carbocycles. The summed E-state index contributed by atoms with van der Waals surface area (Å²) in [5, 5.41) is 12.8. The Balaban J connectivity index is 2.44. The first-order valence-electron chi connectivity index (χ1n) is 6.00. The Bertz CT molecular complexity index is 628. The Hall–Kier alpha value is -2.77. The van der Waals surface area contributed by atoms with Gasteiger partial charge >= 0.3 is 5.97 Å². The van der Waals surface area contributed by atoms with Crippen LogP contribution in [0.3, 0.4) is 0 Å². The largest absolute Gasteiger partial charge is 0.493 e. The van der Waals surface area contributed by atoms with Crippen molar-refractivity contribution < 1.29 is 24.1 Å². The third-order valence-corrected chi connectivity index (χ3v) is 2.76. The molecule has 0 atom stereocenters. The summed E-state index contributed by atoms with van der Waals surface area (Å²) in [6.45, 7) is -0.253. The monoisotopic (exact) mass is 293 g/mol. The van der Waals surface area contributed by atoms with Crippen molar-refractivity contribution in [2.45, 2.75) is 6.54 Å². The normalized spacial score (nSPS) is 10.2. The second-order valence-corrected chi connectivity index (χ2v) is 4.07. The SMILES string of the molecule is COc1cc(-c2ncn(CC(=O)O)n2)cc(OC)c1OC. The Morgan fingerprint density at radius 3 is 2.29 bits per heavy atom. The van der Waals surface area contributed by atoms with E-state index in [2.05, 4.69) is 10.1 Å². The van der Waals surface area contributed by atoms with Gasteiger partial charge in [-0.15, -0.1) is 0 Å². The number of aromatic nitrogens is 3. The second kappa shape index (κ2) is 6.12. The summed E-state index contributed by atoms with van der Waals surface area (Å²) < 4.78 is 17.0. The lowest BCUT2D eigenvalue weighted by Crippen LogP contribution is -2.08. The van der Waals surface area contributed by atoms with Crippen molar-refractivity contribution in [3.8, 4) is 28.6 Å². The maximum Gasteiger partial charge on any atom is 0.325 e. The predicted octanol–water partition coefficient (Wildman–Crippen LogP) is 1.06. The zero-order chi connectivity index (χ0) is 15.4. The number of carboxylic acids is 1. The minimum Gasteiger partial charge on any atom is -0.493 e. The van der Waals surface area contributed by atoms with Crippen LogP contribution in [0.15, 0.2) is 18.5 Å². The van der Waals surface area contributed by atoms with Crippen LogP contribution in [0.1, 0.15) is 0 Å². The molecular formula is C13H15N3O5. The van der Waals surface area contributed by atoms with Crippen LogP contribution >= 0.6 is 0 Å². The molecule has 0 bridgehead atoms. The highest BCUT2D eigenvalue weighted by atomic mass is 16.5. The van der Waals surface area contributed by atoms with E-state index in [1.54, 1.807) is 12.1 Å². The van der Waals surface area contributed by atoms with Crippen LogP contribution in [0.2, 0.25) is 0 Å². The first-order chi connectivity index (χ1) is 10.1. The summed E-state index contributed by atoms with van der Waals surface area (Å²) in [4.78, 5) is 14.7. The molecule has 0 saturated carbocycles. The fraction of sp³-hybridized carbons (Fsp3) is 0.308. The van der Waals surface area contributed by atoms with Crippen molar-refractivity contribution in [3.05, 3.63) is 18.5 Å². The topological polar surface area (TPSA) is 95.7 Å². The molecule has 0 fully saturated rings. The summed E-state index contributed by atoms with van der Waals surface area (Å²) >= 11 is 0. The Morgan fingerprint density at radius 2 is 1.81 bits per heavy atom. The number of carboxylic acid groups (broad SMARTS) is 1. The molecule has 1 heterocycles. The number of hydrogen-bond acceptors (Lipinski definition) is 6. The van der Waals surface area contributed by atoms with E-state index in [4.69, 9.17) is 19.3 Å². The first kappa shape index (κ1) is 14.6. The molecular weight excluding hydrogens is 278 g/mol. The molecule has 21 heavy (non-hydrogen) atoms. The molecule has 2 aromatic rings. The Labute approximate surface area is 120 Å². The van der Waals surface area contributed by atoms with Crippen LogP contribution in [0, 0.1) is 0 Å². The summed E-state index contributed by atoms with van der Waals surface area (Å²) in [6.07, 6.45) is 1.35. The number of benzene rings is 1. The predicted molar refractivity (Wildman–Crippen MR) is 72.7 cm³/mol. The van der Waals surface area contributed by atoms with E-state index < -0.39 is 5.97 Å². The maximum absolute atomic E-state index is 10.7. The number of carbonyl (C=O) groups is 1. The number of ether oxygens (including phenoxy) is 3. The maximum atomic E-state index is 10.7. The average Bonchev–Trinajstić information content (AvgIpc) is 2.93. The van der Waals surface area contributed by atoms with Gasteiger partial charge in [0.25, 0.3) is 0 Å². The van der Waals surface area contributed by atoms with Gasteiger partial charge in [0, 0.05) is 5.56 Å². The highest BCUT2D eigenvalue weighted by molar-refractivity contribution is 5.67. The van der Waals surface area contributed by atoms with Gasteiger partial charge in [0.2, 0.25) is 5.75 Å². The van der Waals surface area contributed by atoms with Gasteiger partial charge in [-0.25, -0.2) is 9.67 Å². The standard InChI is InChI=1S/C13H15N3O5/c1-19-9-4-8(5-10(20-2)12(9)21-3)13-14-7-16(15-13)6-11(17)18/h4-5,7H,6H2,1-3H3,(H,17,18). The molecule has 8 heteroatoms. The summed E-state index contributed by atoms with van der Waals surface area (Å²) in [7, 11) is 4.54. The fourth-order valence-corrected chi connectivity index (χ4v) is 1.85. The van der Waals surface area contributed by atoms with E-state index >= 15 is 0 Å². The van der Waals surface area contributed by atoms with Crippen molar-refractivity contribution in [1.82, 2.24) is 14.8 Å². The quantitative estimate of drug-likeness (QED) is 0.850. The smallest absolute Gasteiger partial charge is 0.325 e. The van der Waals surface area contributed by atoms with Crippen molar-refractivity contribution in [2.24, 2.45) is 0 Å². The molecule has 0 aliphatic heterocycles. The van der Waals surface area contributed by atoms with Crippen LogP contribution in [0.4, 0.5) is 0 Å². The van der Waals surface area contributed by atoms with E-state index in [0.717, 1.165) is 0 Å². The number of nitrogens with zero attached hydrogens (tertiary/aromatic N) is 3. The molecule has 1 aromatic carbocycles. The fourth-order valence-electron chi connectivity index (χ4n) is 1.85. The van der Waals surface area contributed by atoms with Crippen LogP contribution < -0.4 is 14.2 Å². The molecule has 0 aliphatic rings. The van der Waals surface area contributed by atoms with E-state index in [1.165, 1.54) is 32.3 Å². The molecule has 112 valence electrons. The van der Waals surface area contributed by atoms with Gasteiger partial charge in [-0.1, -0.05) is 0 Å². The Morgan fingerprint density at radius 1 is 1.19 bits per heavy atom. The zero-order valence-electron chi connectivity index (χ0n) is 11.9. The lowest BCUT2D eigenvalue weighted by atomic mass is 10.1. The van der Waals surface area contributed by atoms with Gasteiger partial charge in [0.1, 0.15) is 12.9 Å². The summed E-state index contributed by atoms with van der Waals surface area (Å²) in [5.74, 6) is 0.795. The van der Waals surface area contributed by atoms with E-state index in [9.17, 15) is 4.79 Å². The molecule has 8 nitrogen and oxygen atoms in total. The molecule has 1 N–H and O–H groups in total. The third-order valence-electron chi connectivity index (χ3n) is 2.76. The van der Waals surface area contributed by atoms with E-state index in [-0.39, 0.29) is 6.54 Å². The molecule has 0 spiro atoms. The van der Waals surface area contributed by atoms with Crippen LogP contribution in [-0.4, -0.2) is 47.2 Å². The lowest BCUT2D eigenvalue weighted by Gasteiger charge is -2.12. The van der Waals surface area contributed by atoms with Crippen molar-refractivity contribution >= 4 is 5.97 Å². The molecule has 0 amide bonds. The van der Waals surface area contributed by atoms with Gasteiger partial charge in [-0.2, -0.15) is 5.10 Å². The van der Waals surface area contributed by atoms with E-state index in [1.807, 2.05) is 0 Å². The summed E-state index contributed by atoms with van der Waals surface area (Å²) in [5.41, 5.74) is 0.633. The number of methoxy groups -OCH3 is 3. The number of aliphatic carboxylic acids is 1. The first-order valence-corrected chi connectivity index (χ1v) is 6.00. The van der Waals surface area contributed by atoms with Gasteiger partial charge in [-0.05, 0) is 12.1 Å². The van der Waals surface area contributed by atoms with Crippen LogP contribution in [0.25, 0.3) is 11.4 Å². The number of rotatable bonds is 6. The van der Waals surface area contributed by atoms with Gasteiger partial charge in [-0.3, -0.25) is 4.79 Å². The molecule has 0 unspecified atom stereocenters. The van der Waals surface area contributed by atoms with Crippen molar-refractivity contribution in [2.75, 3.05) is 21.3 Å². The molecule has 2 rings (SSSR count). The van der Waals surface area contributed by atoms with Crippen LogP contribution in [-0.2, 0) is 11.3 Å². The van der Waals surface area contributed by atoms with Crippen molar-refractivity contribution in [3.63, 3.8) is 0 Å². The molecule has 1 aromatic heterocycles. The Kier molecular flexibility index (Phi) is 4.27. The van der Waals surface area contributed by atoms with Crippen molar-refractivity contribution in [1.29, 1.82) is 0 Å². The lowest BCUT2D eigenvalue weighted by molar-refractivity contribution is -0.137. The second-order valence-electron chi connectivity index (χ2n) is 4.07. The van der Waals surface area contributed by atoms with Gasteiger partial charge in [0.15, 0.2) is 17.3 Å². The highest BCUT2D eigenvalue weighted by Gasteiger charge is 2.16. The number of hydrogen-bond donors (Lipinski definition) is 1. The van der Waals surface area contributed by atoms with Crippen LogP contribution in [0.5, 0.6) is 17.2 Å². The highest BCUT2D eigenvalue weighted by Crippen LogP contribution is 2.40. The third kappa shape index (κ3) is 3.04. The summed E-state index contributed by atoms with van der Waals surface area (Å²) in [6, 6.07) is 3.39. The minimum absolute atomic E-state index is 0.253. The van der Waals surface area contributed by atoms with Gasteiger partial charge < -0.3 is 19.3 Å².